The predicted molar refractivity (Wildman–Crippen MR) is 80.1 cm³/mol. The molecule has 0 fully saturated rings. The van der Waals surface area contributed by atoms with Crippen LogP contribution in [0.4, 0.5) is 0 Å². The van der Waals surface area contributed by atoms with Gasteiger partial charge in [-0.05, 0) is 0 Å². The molecule has 0 bridgehead atoms. The molecule has 0 unspecified atom stereocenters. The molecule has 0 spiro atoms. The van der Waals surface area contributed by atoms with Gasteiger partial charge in [-0.1, -0.05) is 0 Å². The summed E-state index contributed by atoms with van der Waals surface area (Å²) in [6, 6.07) is 0. The van der Waals surface area contributed by atoms with Gasteiger partial charge in [0.15, 0.2) is 0 Å². The molecule has 1 aromatic rings. The van der Waals surface area contributed by atoms with Gasteiger partial charge in [-0.2, -0.15) is 0 Å². The Morgan fingerprint density at radius 2 is 1.72 bits per heavy atom. The molecule has 0 saturated carbocycles. The molecule has 0 nitrogen and oxygen atoms in total. The molecule has 0 amide bonds. The van der Waals surface area contributed by atoms with E-state index in [1.807, 2.05) is 0 Å². The maximum atomic E-state index is 2.53. The molecule has 1 aliphatic rings. The van der Waals surface area contributed by atoms with Crippen LogP contribution in [0.25, 0.3) is 5.57 Å². The number of hydrogen-bond acceptors (Lipinski definition) is 0. The first-order valence-electron chi connectivity index (χ1n) is 6.54. The molecule has 2 rings (SSSR count). The molecule has 0 atom stereocenters. The van der Waals surface area contributed by atoms with Crippen LogP contribution >= 0.6 is 0 Å². The van der Waals surface area contributed by atoms with Crippen LogP contribution in [0.5, 0.6) is 0 Å². The molecule has 1 aliphatic carbocycles. The SMILES string of the molecule is Cc1c(C)c(C)c(C2=CC=CC2)c([SiH2][CH2][Pt])c1C. The Bertz CT molecular complexity index is 539. The molecule has 0 aliphatic heterocycles. The maximum absolute atomic E-state index is 2.53. The van der Waals surface area contributed by atoms with Crippen molar-refractivity contribution >= 4 is 20.3 Å². The fourth-order valence-electron chi connectivity index (χ4n) is 2.85. The van der Waals surface area contributed by atoms with Crippen molar-refractivity contribution in [2.75, 3.05) is 0 Å². The van der Waals surface area contributed by atoms with E-state index in [-0.39, 0.29) is 9.52 Å². The van der Waals surface area contributed by atoms with Gasteiger partial charge in [0.2, 0.25) is 0 Å². The summed E-state index contributed by atoms with van der Waals surface area (Å²) in [4.78, 5) is 0. The van der Waals surface area contributed by atoms with Crippen LogP contribution in [-0.4, -0.2) is 9.52 Å². The average Bonchev–Trinajstić information content (AvgIpc) is 2.87. The molecule has 0 saturated heterocycles. The molecular formula is C16H21PtSi. The van der Waals surface area contributed by atoms with Gasteiger partial charge in [0.25, 0.3) is 0 Å². The van der Waals surface area contributed by atoms with E-state index in [1.54, 1.807) is 16.3 Å². The molecular weight excluding hydrogens is 415 g/mol. The Balaban J connectivity index is 2.68. The van der Waals surface area contributed by atoms with Crippen molar-refractivity contribution in [2.45, 2.75) is 38.5 Å². The normalized spacial score (nSPS) is 14.9. The van der Waals surface area contributed by atoms with E-state index in [2.05, 4.69) is 65.7 Å². The summed E-state index contributed by atoms with van der Waals surface area (Å²) in [6.07, 6.45) is 7.90. The molecule has 0 N–H and O–H groups in total. The van der Waals surface area contributed by atoms with Gasteiger partial charge >= 0.3 is 125 Å². The van der Waals surface area contributed by atoms with E-state index in [0.717, 1.165) is 6.42 Å². The minimum atomic E-state index is -0.132. The van der Waals surface area contributed by atoms with Crippen LogP contribution in [0.3, 0.4) is 0 Å². The summed E-state index contributed by atoms with van der Waals surface area (Å²) in [5, 5.41) is 1.71. The standard InChI is InChI=1S/C16H21Si.Pt/c1-10-11(2)13(4)16(17-5)15(12(10)3)14-8-6-7-9-14;/h6-8H,5,9,17H2,1-4H3;. The molecule has 0 heterocycles. The molecule has 1 aromatic carbocycles. The van der Waals surface area contributed by atoms with Crippen molar-refractivity contribution in [3.8, 4) is 0 Å². The van der Waals surface area contributed by atoms with Gasteiger partial charge in [-0.15, -0.1) is 0 Å². The molecule has 18 heavy (non-hydrogen) atoms. The zero-order valence-corrected chi connectivity index (χ0v) is 15.4. The van der Waals surface area contributed by atoms with E-state index in [1.165, 1.54) is 26.7 Å². The fraction of sp³-hybridized carbons (Fsp3) is 0.375. The van der Waals surface area contributed by atoms with Crippen molar-refractivity contribution in [3.05, 3.63) is 46.0 Å². The summed E-state index contributed by atoms with van der Waals surface area (Å²) in [5.41, 5.74) is 9.19. The van der Waals surface area contributed by atoms with Crippen molar-refractivity contribution in [3.63, 3.8) is 0 Å². The Hall–Kier alpha value is -0.395. The third-order valence-electron chi connectivity index (χ3n) is 4.24. The summed E-state index contributed by atoms with van der Waals surface area (Å²) < 4.78 is 1.33. The van der Waals surface area contributed by atoms with Gasteiger partial charge < -0.3 is 0 Å². The van der Waals surface area contributed by atoms with Gasteiger partial charge in [0.05, 0.1) is 0 Å². The van der Waals surface area contributed by atoms with E-state index in [0.29, 0.717) is 0 Å². The van der Waals surface area contributed by atoms with Gasteiger partial charge in [-0.3, -0.25) is 0 Å². The Kier molecular flexibility index (Phi) is 4.45. The zero-order valence-electron chi connectivity index (χ0n) is 11.7. The second-order valence-electron chi connectivity index (χ2n) is 5.09. The number of hydrogen-bond donors (Lipinski definition) is 0. The van der Waals surface area contributed by atoms with Gasteiger partial charge in [-0.25, -0.2) is 0 Å². The first-order chi connectivity index (χ1) is 8.57. The molecule has 2 heteroatoms. The first-order valence-corrected chi connectivity index (χ1v) is 9.86. The van der Waals surface area contributed by atoms with Crippen LogP contribution in [0.2, 0.25) is 4.43 Å². The number of rotatable bonds is 3. The predicted octanol–water partition coefficient (Wildman–Crippen LogP) is 2.98. The third kappa shape index (κ3) is 2.35. The molecule has 0 aromatic heterocycles. The molecule has 99 valence electrons. The second kappa shape index (κ2) is 5.71. The monoisotopic (exact) mass is 436 g/mol. The number of allylic oxidation sites excluding steroid dienone is 4. The third-order valence-corrected chi connectivity index (χ3v) is 7.48. The van der Waals surface area contributed by atoms with Crippen LogP contribution in [0, 0.1) is 27.7 Å². The Morgan fingerprint density at radius 1 is 1.06 bits per heavy atom. The summed E-state index contributed by atoms with van der Waals surface area (Å²) in [6.45, 7) is 9.19. The van der Waals surface area contributed by atoms with Crippen LogP contribution in [0.15, 0.2) is 18.2 Å². The summed E-state index contributed by atoms with van der Waals surface area (Å²) in [5.74, 6) is 0. The average molecular weight is 437 g/mol. The van der Waals surface area contributed by atoms with Crippen LogP contribution < -0.4 is 5.19 Å². The quantitative estimate of drug-likeness (QED) is 0.640. The van der Waals surface area contributed by atoms with E-state index in [4.69, 9.17) is 0 Å². The van der Waals surface area contributed by atoms with E-state index < -0.39 is 0 Å². The van der Waals surface area contributed by atoms with Crippen LogP contribution in [-0.2, 0) is 19.8 Å². The Labute approximate surface area is 124 Å². The van der Waals surface area contributed by atoms with Crippen molar-refractivity contribution < 1.29 is 19.8 Å². The Morgan fingerprint density at radius 3 is 2.28 bits per heavy atom. The summed E-state index contributed by atoms with van der Waals surface area (Å²) >= 11 is 2.53. The van der Waals surface area contributed by atoms with Crippen molar-refractivity contribution in [1.82, 2.24) is 0 Å². The van der Waals surface area contributed by atoms with Gasteiger partial charge in [0, 0.05) is 0 Å². The minimum absolute atomic E-state index is 0.132. The van der Waals surface area contributed by atoms with Gasteiger partial charge in [0.1, 0.15) is 0 Å². The summed E-state index contributed by atoms with van der Waals surface area (Å²) in [7, 11) is -0.132. The number of benzene rings is 1. The fourth-order valence-corrected chi connectivity index (χ4v) is 6.09. The van der Waals surface area contributed by atoms with E-state index >= 15 is 0 Å². The molecule has 0 radical (unpaired) electrons. The first kappa shape index (κ1) is 14.0. The second-order valence-corrected chi connectivity index (χ2v) is 10.0. The van der Waals surface area contributed by atoms with Crippen LogP contribution in [0.1, 0.15) is 34.2 Å². The topological polar surface area (TPSA) is 0 Å². The zero-order chi connectivity index (χ0) is 13.3. The van der Waals surface area contributed by atoms with E-state index in [9.17, 15) is 0 Å². The van der Waals surface area contributed by atoms with Crippen molar-refractivity contribution in [1.29, 1.82) is 0 Å². The van der Waals surface area contributed by atoms with Crippen molar-refractivity contribution in [2.24, 2.45) is 0 Å².